The van der Waals surface area contributed by atoms with E-state index < -0.39 is 0 Å². The van der Waals surface area contributed by atoms with E-state index in [1.165, 1.54) is 70.6 Å². The lowest BCUT2D eigenvalue weighted by Gasteiger charge is -2.71. The number of hydrogen-bond donors (Lipinski definition) is 0. The topological polar surface area (TPSA) is 0 Å². The summed E-state index contributed by atoms with van der Waals surface area (Å²) in [5, 5.41) is 0. The largest absolute Gasteiger partial charge is 0.0839 e. The van der Waals surface area contributed by atoms with Gasteiger partial charge in [0.1, 0.15) is 0 Å². The number of rotatable bonds is 0. The van der Waals surface area contributed by atoms with Crippen LogP contribution in [0.1, 0.15) is 126 Å². The Balaban J connectivity index is 1.58. The van der Waals surface area contributed by atoms with Crippen molar-refractivity contribution >= 4 is 0 Å². The maximum atomic E-state index is 2.85. The molecule has 0 N–H and O–H groups in total. The summed E-state index contributed by atoms with van der Waals surface area (Å²) in [5.41, 5.74) is 5.05. The van der Waals surface area contributed by atoms with Gasteiger partial charge in [-0.15, -0.1) is 0 Å². The Morgan fingerprint density at radius 1 is 0.700 bits per heavy atom. The summed E-state index contributed by atoms with van der Waals surface area (Å²) in [6.45, 7) is 21.2. The predicted molar refractivity (Wildman–Crippen MR) is 129 cm³/mol. The molecule has 0 aromatic carbocycles. The molecule has 0 heterocycles. The molecule has 5 aliphatic rings. The zero-order valence-electron chi connectivity index (χ0n) is 21.6. The molecule has 7 atom stereocenters. The Kier molecular flexibility index (Phi) is 4.46. The third-order valence-electron chi connectivity index (χ3n) is 12.8. The molecule has 5 aliphatic carbocycles. The normalized spacial score (nSPS) is 54.1. The van der Waals surface area contributed by atoms with E-state index in [9.17, 15) is 0 Å². The second-order valence-corrected chi connectivity index (χ2v) is 15.2. The zero-order chi connectivity index (χ0) is 21.8. The molecule has 0 radical (unpaired) electrons. The van der Waals surface area contributed by atoms with Crippen molar-refractivity contribution in [2.75, 3.05) is 0 Å². The second kappa shape index (κ2) is 6.20. The van der Waals surface area contributed by atoms with Crippen LogP contribution >= 0.6 is 0 Å². The van der Waals surface area contributed by atoms with E-state index in [1.54, 1.807) is 0 Å². The van der Waals surface area contributed by atoms with Gasteiger partial charge < -0.3 is 0 Å². The van der Waals surface area contributed by atoms with Gasteiger partial charge >= 0.3 is 0 Å². The van der Waals surface area contributed by atoms with E-state index in [4.69, 9.17) is 0 Å². The molecule has 30 heavy (non-hydrogen) atoms. The van der Waals surface area contributed by atoms with Gasteiger partial charge in [0.2, 0.25) is 0 Å². The molecule has 0 saturated heterocycles. The minimum absolute atomic E-state index is 0.474. The summed E-state index contributed by atoms with van der Waals surface area (Å²) in [5.74, 6) is 2.65. The van der Waals surface area contributed by atoms with Gasteiger partial charge in [0, 0.05) is 0 Å². The van der Waals surface area contributed by atoms with Crippen LogP contribution < -0.4 is 0 Å². The van der Waals surface area contributed by atoms with Crippen molar-refractivity contribution in [2.24, 2.45) is 50.2 Å². The first-order valence-electron chi connectivity index (χ1n) is 13.5. The fourth-order valence-electron chi connectivity index (χ4n) is 10.6. The van der Waals surface area contributed by atoms with Gasteiger partial charge in [-0.3, -0.25) is 0 Å². The van der Waals surface area contributed by atoms with Crippen LogP contribution in [0.25, 0.3) is 0 Å². The van der Waals surface area contributed by atoms with Gasteiger partial charge in [-0.25, -0.2) is 0 Å². The lowest BCUT2D eigenvalue weighted by Crippen LogP contribution is -2.62. The number of hydrogen-bond acceptors (Lipinski definition) is 0. The minimum Gasteiger partial charge on any atom is -0.0839 e. The first-order valence-corrected chi connectivity index (χ1v) is 13.5. The highest BCUT2D eigenvalue weighted by molar-refractivity contribution is 5.32. The summed E-state index contributed by atoms with van der Waals surface area (Å²) in [6, 6.07) is 0. The van der Waals surface area contributed by atoms with E-state index in [0.29, 0.717) is 32.5 Å². The molecule has 0 spiro atoms. The minimum atomic E-state index is 0.474. The highest BCUT2D eigenvalue weighted by atomic mass is 14.7. The van der Waals surface area contributed by atoms with Crippen LogP contribution in [0, 0.1) is 50.2 Å². The molecule has 0 bridgehead atoms. The summed E-state index contributed by atoms with van der Waals surface area (Å²) >= 11 is 0. The predicted octanol–water partition coefficient (Wildman–Crippen LogP) is 9.20. The smallest absolute Gasteiger partial charge is 0.00801 e. The standard InChI is InChI=1S/C30H50/c1-25(2)16-17-27(5)18-19-29(7)22-10-11-23-26(3,4)13-9-14-28(23,6)21(22)12-15-30(29,8)24(27)20-25/h12,22-24H,9-11,13-20H2,1-8H3/t22?,23?,24-,27-,28-,29-,30?/m1/s1. The lowest BCUT2D eigenvalue weighted by molar-refractivity contribution is -0.182. The molecule has 4 fully saturated rings. The van der Waals surface area contributed by atoms with Crippen molar-refractivity contribution in [1.82, 2.24) is 0 Å². The number of allylic oxidation sites excluding steroid dienone is 2. The average molecular weight is 411 g/mol. The van der Waals surface area contributed by atoms with Gasteiger partial charge in [-0.2, -0.15) is 0 Å². The Morgan fingerprint density at radius 3 is 2.13 bits per heavy atom. The molecular weight excluding hydrogens is 360 g/mol. The third kappa shape index (κ3) is 2.64. The Labute approximate surface area is 188 Å². The molecule has 170 valence electrons. The molecule has 3 unspecified atom stereocenters. The van der Waals surface area contributed by atoms with E-state index >= 15 is 0 Å². The van der Waals surface area contributed by atoms with E-state index in [-0.39, 0.29) is 0 Å². The molecule has 0 aromatic heterocycles. The van der Waals surface area contributed by atoms with Crippen molar-refractivity contribution in [3.8, 4) is 0 Å². The molecule has 0 aromatic rings. The van der Waals surface area contributed by atoms with Gasteiger partial charge in [-0.1, -0.05) is 73.5 Å². The van der Waals surface area contributed by atoms with Gasteiger partial charge in [0.15, 0.2) is 0 Å². The fourth-order valence-corrected chi connectivity index (χ4v) is 10.6. The summed E-state index contributed by atoms with van der Waals surface area (Å²) in [6.07, 6.45) is 18.8. The van der Waals surface area contributed by atoms with Crippen molar-refractivity contribution in [3.05, 3.63) is 11.6 Å². The van der Waals surface area contributed by atoms with Crippen LogP contribution in [0.5, 0.6) is 0 Å². The van der Waals surface area contributed by atoms with Crippen LogP contribution in [0.3, 0.4) is 0 Å². The molecule has 4 saturated carbocycles. The summed E-state index contributed by atoms with van der Waals surface area (Å²) in [7, 11) is 0. The van der Waals surface area contributed by atoms with Gasteiger partial charge in [-0.05, 0) is 114 Å². The summed E-state index contributed by atoms with van der Waals surface area (Å²) < 4.78 is 0. The van der Waals surface area contributed by atoms with Crippen LogP contribution in [-0.4, -0.2) is 0 Å². The first-order chi connectivity index (χ1) is 13.8. The average Bonchev–Trinajstić information content (AvgIpc) is 2.64. The monoisotopic (exact) mass is 410 g/mol. The maximum Gasteiger partial charge on any atom is -0.00801 e. The Morgan fingerprint density at radius 2 is 1.40 bits per heavy atom. The molecule has 0 heteroatoms. The zero-order valence-corrected chi connectivity index (χ0v) is 21.6. The van der Waals surface area contributed by atoms with E-state index in [0.717, 1.165) is 17.8 Å². The van der Waals surface area contributed by atoms with E-state index in [1.807, 2.05) is 5.57 Å². The second-order valence-electron chi connectivity index (χ2n) is 15.2. The van der Waals surface area contributed by atoms with Crippen LogP contribution in [-0.2, 0) is 0 Å². The molecule has 0 amide bonds. The van der Waals surface area contributed by atoms with Crippen molar-refractivity contribution in [2.45, 2.75) is 126 Å². The van der Waals surface area contributed by atoms with E-state index in [2.05, 4.69) is 61.5 Å². The van der Waals surface area contributed by atoms with Crippen LogP contribution in [0.15, 0.2) is 11.6 Å². The highest BCUT2D eigenvalue weighted by Crippen LogP contribution is 2.75. The van der Waals surface area contributed by atoms with Crippen molar-refractivity contribution in [3.63, 3.8) is 0 Å². The number of fused-ring (bicyclic) bond motifs is 7. The maximum absolute atomic E-state index is 2.85. The SMILES string of the molecule is CC1(C)CC[C@]2(C)CC[C@]3(C)C4CCC5C(C)(C)CCC[C@]5(C)C4=CCC3(C)[C@@H]2C1. The Bertz CT molecular complexity index is 754. The fraction of sp³-hybridized carbons (Fsp3) is 0.933. The Hall–Kier alpha value is -0.260. The molecule has 5 rings (SSSR count). The quantitative estimate of drug-likeness (QED) is 0.349. The third-order valence-corrected chi connectivity index (χ3v) is 12.8. The van der Waals surface area contributed by atoms with Crippen molar-refractivity contribution in [1.29, 1.82) is 0 Å². The lowest BCUT2D eigenvalue weighted by atomic mass is 9.34. The van der Waals surface area contributed by atoms with Crippen molar-refractivity contribution < 1.29 is 0 Å². The molecular formula is C30H50. The first kappa shape index (κ1) is 21.6. The van der Waals surface area contributed by atoms with Crippen LogP contribution in [0.4, 0.5) is 0 Å². The van der Waals surface area contributed by atoms with Gasteiger partial charge in [0.05, 0.1) is 0 Å². The van der Waals surface area contributed by atoms with Crippen LogP contribution in [0.2, 0.25) is 0 Å². The highest BCUT2D eigenvalue weighted by Gasteiger charge is 2.66. The summed E-state index contributed by atoms with van der Waals surface area (Å²) in [4.78, 5) is 0. The molecule has 0 nitrogen and oxygen atoms in total. The van der Waals surface area contributed by atoms with Gasteiger partial charge in [0.25, 0.3) is 0 Å². The molecule has 0 aliphatic heterocycles.